The van der Waals surface area contributed by atoms with E-state index in [-0.39, 0.29) is 6.10 Å². The minimum atomic E-state index is 0.0905. The van der Waals surface area contributed by atoms with Crippen molar-refractivity contribution in [2.75, 3.05) is 18.0 Å². The van der Waals surface area contributed by atoms with E-state index in [1.165, 1.54) is 16.9 Å². The molecule has 0 spiro atoms. The molecule has 33 heavy (non-hydrogen) atoms. The molecule has 7 nitrogen and oxygen atoms in total. The number of aromatic nitrogens is 5. The van der Waals surface area contributed by atoms with Crippen LogP contribution in [0.25, 0.3) is 10.5 Å². The fourth-order valence-corrected chi connectivity index (χ4v) is 4.85. The number of aryl methyl sites for hydroxylation is 1. The van der Waals surface area contributed by atoms with E-state index >= 15 is 0 Å². The third kappa shape index (κ3) is 5.50. The lowest BCUT2D eigenvalue weighted by molar-refractivity contribution is 0.131. The molecular weight excluding hydrogens is 432 g/mol. The number of rotatable bonds is 8. The molecule has 0 N–H and O–H groups in total. The molecular formula is C25H32N6OS. The van der Waals surface area contributed by atoms with Crippen LogP contribution in [-0.4, -0.2) is 43.8 Å². The van der Waals surface area contributed by atoms with Crippen molar-refractivity contribution in [2.24, 2.45) is 5.92 Å². The van der Waals surface area contributed by atoms with Crippen molar-refractivity contribution in [1.29, 1.82) is 0 Å². The van der Waals surface area contributed by atoms with Crippen LogP contribution in [0.4, 0.5) is 5.95 Å². The maximum absolute atomic E-state index is 6.23. The Kier molecular flexibility index (Phi) is 7.23. The molecule has 0 saturated carbocycles. The number of allylic oxidation sites excluding steroid dienone is 5. The van der Waals surface area contributed by atoms with Gasteiger partial charge in [-0.1, -0.05) is 37.3 Å². The first kappa shape index (κ1) is 23.2. The summed E-state index contributed by atoms with van der Waals surface area (Å²) >= 11 is 1.48. The van der Waals surface area contributed by atoms with Crippen LogP contribution >= 0.6 is 11.3 Å². The number of imidazole rings is 1. The van der Waals surface area contributed by atoms with Crippen LogP contribution < -0.4 is 9.64 Å². The lowest BCUT2D eigenvalue weighted by Gasteiger charge is -2.34. The summed E-state index contributed by atoms with van der Waals surface area (Å²) < 4.78 is 8.04. The zero-order chi connectivity index (χ0) is 23.4. The molecule has 4 rings (SSSR count). The maximum Gasteiger partial charge on any atom is 0.294 e. The highest BCUT2D eigenvalue weighted by Gasteiger charge is 2.27. The van der Waals surface area contributed by atoms with Gasteiger partial charge in [0.25, 0.3) is 5.19 Å². The molecule has 4 heterocycles. The molecule has 8 heteroatoms. The zero-order valence-electron chi connectivity index (χ0n) is 19.9. The first-order valence-corrected chi connectivity index (χ1v) is 12.4. The lowest BCUT2D eigenvalue weighted by atomic mass is 9.92. The quantitative estimate of drug-likeness (QED) is 0.418. The van der Waals surface area contributed by atoms with Gasteiger partial charge in [-0.25, -0.2) is 19.5 Å². The van der Waals surface area contributed by atoms with Gasteiger partial charge in [0.15, 0.2) is 0 Å². The number of ether oxygens (including phenoxy) is 1. The van der Waals surface area contributed by atoms with Gasteiger partial charge in [-0.2, -0.15) is 0 Å². The first-order chi connectivity index (χ1) is 16.0. The second kappa shape index (κ2) is 10.3. The van der Waals surface area contributed by atoms with Gasteiger partial charge in [0, 0.05) is 31.1 Å². The highest BCUT2D eigenvalue weighted by molar-refractivity contribution is 7.18. The van der Waals surface area contributed by atoms with Crippen LogP contribution in [0, 0.1) is 5.92 Å². The number of nitrogens with zero attached hydrogens (tertiary/aromatic N) is 6. The Bertz CT molecular complexity index is 1120. The monoisotopic (exact) mass is 464 g/mol. The fourth-order valence-electron chi connectivity index (χ4n) is 4.04. The molecule has 3 aromatic rings. The molecule has 1 fully saturated rings. The number of piperidine rings is 1. The molecule has 1 aliphatic rings. The molecule has 0 amide bonds. The molecule has 3 aromatic heterocycles. The summed E-state index contributed by atoms with van der Waals surface area (Å²) in [6, 6.07) is 0. The van der Waals surface area contributed by atoms with Crippen molar-refractivity contribution in [3.63, 3.8) is 0 Å². The van der Waals surface area contributed by atoms with Crippen LogP contribution in [0.3, 0.4) is 0 Å². The van der Waals surface area contributed by atoms with E-state index in [2.05, 4.69) is 40.4 Å². The molecule has 174 valence electrons. The van der Waals surface area contributed by atoms with E-state index in [9.17, 15) is 0 Å². The highest BCUT2D eigenvalue weighted by Crippen LogP contribution is 2.29. The summed E-state index contributed by atoms with van der Waals surface area (Å²) in [6.45, 7) is 14.1. The van der Waals surface area contributed by atoms with Crippen LogP contribution in [0.1, 0.15) is 51.8 Å². The Balaban J connectivity index is 1.36. The molecule has 1 atom stereocenters. The second-order valence-corrected chi connectivity index (χ2v) is 9.48. The highest BCUT2D eigenvalue weighted by atomic mass is 32.1. The van der Waals surface area contributed by atoms with Crippen molar-refractivity contribution in [3.05, 3.63) is 60.2 Å². The summed E-state index contributed by atoms with van der Waals surface area (Å²) in [5, 5.41) is 5.28. The van der Waals surface area contributed by atoms with Crippen molar-refractivity contribution in [2.45, 2.75) is 53.1 Å². The van der Waals surface area contributed by atoms with E-state index in [1.807, 2.05) is 50.7 Å². The molecule has 0 aliphatic carbocycles. The minimum absolute atomic E-state index is 0.0905. The van der Waals surface area contributed by atoms with Gasteiger partial charge in [0.1, 0.15) is 6.10 Å². The molecule has 0 aromatic carbocycles. The van der Waals surface area contributed by atoms with Crippen molar-refractivity contribution >= 4 is 27.8 Å². The fraction of sp³-hybridized carbons (Fsp3) is 0.440. The summed E-state index contributed by atoms with van der Waals surface area (Å²) in [4.78, 5) is 16.9. The van der Waals surface area contributed by atoms with Gasteiger partial charge in [0.05, 0.1) is 11.9 Å². The third-order valence-electron chi connectivity index (χ3n) is 5.94. The summed E-state index contributed by atoms with van der Waals surface area (Å²) in [7, 11) is 0. The maximum atomic E-state index is 6.23. The van der Waals surface area contributed by atoms with Gasteiger partial charge in [0.2, 0.25) is 10.9 Å². The van der Waals surface area contributed by atoms with Gasteiger partial charge in [-0.05, 0) is 62.9 Å². The zero-order valence-corrected chi connectivity index (χ0v) is 20.7. The smallest absolute Gasteiger partial charge is 0.294 e. The Hall–Kier alpha value is -3.00. The summed E-state index contributed by atoms with van der Waals surface area (Å²) in [6.07, 6.45) is 15.0. The summed E-state index contributed by atoms with van der Waals surface area (Å²) in [5.41, 5.74) is 4.07. The Morgan fingerprint density at radius 3 is 2.64 bits per heavy atom. The minimum Gasteiger partial charge on any atom is -0.466 e. The molecule has 1 unspecified atom stereocenters. The Labute approximate surface area is 199 Å². The van der Waals surface area contributed by atoms with Crippen LogP contribution in [0.5, 0.6) is 5.19 Å². The molecule has 0 bridgehead atoms. The van der Waals surface area contributed by atoms with Gasteiger partial charge in [-0.3, -0.25) is 0 Å². The van der Waals surface area contributed by atoms with E-state index in [0.717, 1.165) is 60.1 Å². The Morgan fingerprint density at radius 1 is 1.30 bits per heavy atom. The number of fused-ring (bicyclic) bond motifs is 1. The average Bonchev–Trinajstić information content (AvgIpc) is 3.37. The van der Waals surface area contributed by atoms with E-state index in [1.54, 1.807) is 4.52 Å². The molecule has 0 radical (unpaired) electrons. The first-order valence-electron chi connectivity index (χ1n) is 11.6. The average molecular weight is 465 g/mol. The van der Waals surface area contributed by atoms with E-state index in [0.29, 0.717) is 11.1 Å². The number of anilines is 1. The van der Waals surface area contributed by atoms with Crippen molar-refractivity contribution in [3.8, 4) is 5.19 Å². The third-order valence-corrected chi connectivity index (χ3v) is 6.75. The Morgan fingerprint density at radius 2 is 2.03 bits per heavy atom. The van der Waals surface area contributed by atoms with Gasteiger partial charge < -0.3 is 9.64 Å². The van der Waals surface area contributed by atoms with Crippen molar-refractivity contribution in [1.82, 2.24) is 24.6 Å². The van der Waals surface area contributed by atoms with Crippen LogP contribution in [0.15, 0.2) is 49.0 Å². The second-order valence-electron chi connectivity index (χ2n) is 8.56. The predicted molar refractivity (Wildman–Crippen MR) is 135 cm³/mol. The SMILES string of the molecule is C=C(C)/C=C(\C=C/C)c1cn2nc(OC(C)C3CCN(c4ncc(CC)cn4)CC3)sc2n1. The number of hydrogen-bond acceptors (Lipinski definition) is 7. The van der Waals surface area contributed by atoms with Crippen LogP contribution in [-0.2, 0) is 6.42 Å². The van der Waals surface area contributed by atoms with E-state index in [4.69, 9.17) is 9.72 Å². The normalized spacial score (nSPS) is 16.6. The topological polar surface area (TPSA) is 68.4 Å². The van der Waals surface area contributed by atoms with Gasteiger partial charge in [-0.15, -0.1) is 5.10 Å². The molecule has 1 saturated heterocycles. The van der Waals surface area contributed by atoms with E-state index < -0.39 is 0 Å². The predicted octanol–water partition coefficient (Wildman–Crippen LogP) is 5.36. The number of hydrogen-bond donors (Lipinski definition) is 0. The largest absolute Gasteiger partial charge is 0.466 e. The van der Waals surface area contributed by atoms with Gasteiger partial charge >= 0.3 is 0 Å². The summed E-state index contributed by atoms with van der Waals surface area (Å²) in [5.74, 6) is 1.30. The standard InChI is InChI=1S/C25H32N6OS/c1-6-8-21(13-17(3)4)22-16-31-24(28-22)33-25(29-31)32-18(5)20-9-11-30(12-10-20)23-26-14-19(7-2)15-27-23/h6,8,13-16,18,20H,3,7,9-12H2,1-2,4-5H3/b8-6-,21-13+. The van der Waals surface area contributed by atoms with Crippen LogP contribution in [0.2, 0.25) is 0 Å². The van der Waals surface area contributed by atoms with Crippen molar-refractivity contribution < 1.29 is 4.74 Å². The lowest BCUT2D eigenvalue weighted by Crippen LogP contribution is -2.39. The molecule has 1 aliphatic heterocycles.